The van der Waals surface area contributed by atoms with E-state index in [1.807, 2.05) is 0 Å². The Morgan fingerprint density at radius 1 is 1.22 bits per heavy atom. The van der Waals surface area contributed by atoms with E-state index < -0.39 is 0 Å². The molecule has 0 bridgehead atoms. The molecule has 1 aliphatic rings. The first-order chi connectivity index (χ1) is 8.81. The van der Waals surface area contributed by atoms with E-state index in [0.717, 1.165) is 24.7 Å². The Labute approximate surface area is 111 Å². The molecule has 2 atom stereocenters. The normalized spacial score (nSPS) is 24.8. The second-order valence-corrected chi connectivity index (χ2v) is 5.55. The minimum absolute atomic E-state index is 0.708. The molecule has 0 spiro atoms. The van der Waals surface area contributed by atoms with Crippen molar-refractivity contribution in [2.75, 3.05) is 13.1 Å². The lowest BCUT2D eigenvalue weighted by Crippen LogP contribution is -2.26. The molecular weight excluding hydrogens is 220 g/mol. The minimum atomic E-state index is 0.708. The molecule has 1 N–H and O–H groups in total. The molecule has 2 nitrogen and oxygen atoms in total. The lowest BCUT2D eigenvalue weighted by atomic mass is 9.83. The maximum atomic E-state index is 4.48. The average Bonchev–Trinajstić information content (AvgIpc) is 2.62. The predicted molar refractivity (Wildman–Crippen MR) is 76.8 cm³/mol. The standard InChI is InChI=1S/C16H26N2/c1-3-17-11-14-7-5-4-6-8-16(14)15-10-9-13(2)18-12-15/h9-10,12,14,16-17H,3-8,11H2,1-2H3. The van der Waals surface area contributed by atoms with Gasteiger partial charge in [-0.05, 0) is 56.3 Å². The largest absolute Gasteiger partial charge is 0.317 e. The Hall–Kier alpha value is -0.890. The van der Waals surface area contributed by atoms with Crippen molar-refractivity contribution < 1.29 is 0 Å². The summed E-state index contributed by atoms with van der Waals surface area (Å²) in [6.07, 6.45) is 8.97. The first-order valence-corrected chi connectivity index (χ1v) is 7.44. The molecule has 2 rings (SSSR count). The summed E-state index contributed by atoms with van der Waals surface area (Å²) in [6, 6.07) is 4.45. The van der Waals surface area contributed by atoms with Crippen molar-refractivity contribution in [3.05, 3.63) is 29.6 Å². The summed E-state index contributed by atoms with van der Waals surface area (Å²) >= 11 is 0. The number of nitrogens with one attached hydrogen (secondary N) is 1. The number of pyridine rings is 1. The highest BCUT2D eigenvalue weighted by atomic mass is 14.8. The summed E-state index contributed by atoms with van der Waals surface area (Å²) in [5, 5.41) is 3.54. The van der Waals surface area contributed by atoms with E-state index in [0.29, 0.717) is 5.92 Å². The molecule has 1 aromatic heterocycles. The van der Waals surface area contributed by atoms with Gasteiger partial charge in [0.1, 0.15) is 0 Å². The third kappa shape index (κ3) is 3.55. The van der Waals surface area contributed by atoms with Crippen molar-refractivity contribution in [2.24, 2.45) is 5.92 Å². The van der Waals surface area contributed by atoms with Crippen LogP contribution < -0.4 is 5.32 Å². The summed E-state index contributed by atoms with van der Waals surface area (Å²) < 4.78 is 0. The molecule has 0 radical (unpaired) electrons. The van der Waals surface area contributed by atoms with Gasteiger partial charge >= 0.3 is 0 Å². The second-order valence-electron chi connectivity index (χ2n) is 5.55. The van der Waals surface area contributed by atoms with Crippen LogP contribution in [0.1, 0.15) is 56.2 Å². The molecule has 18 heavy (non-hydrogen) atoms. The van der Waals surface area contributed by atoms with Crippen molar-refractivity contribution in [3.63, 3.8) is 0 Å². The van der Waals surface area contributed by atoms with Crippen LogP contribution in [-0.2, 0) is 0 Å². The van der Waals surface area contributed by atoms with E-state index in [1.54, 1.807) is 0 Å². The summed E-state index contributed by atoms with van der Waals surface area (Å²) in [4.78, 5) is 4.48. The number of hydrogen-bond donors (Lipinski definition) is 1. The van der Waals surface area contributed by atoms with Gasteiger partial charge in [0.15, 0.2) is 0 Å². The Morgan fingerprint density at radius 3 is 2.78 bits per heavy atom. The van der Waals surface area contributed by atoms with Crippen LogP contribution >= 0.6 is 0 Å². The zero-order valence-electron chi connectivity index (χ0n) is 11.8. The Kier molecular flexibility index (Phi) is 5.18. The molecule has 1 aromatic rings. The number of aromatic nitrogens is 1. The Bertz CT molecular complexity index is 345. The third-order valence-electron chi connectivity index (χ3n) is 4.18. The van der Waals surface area contributed by atoms with E-state index in [4.69, 9.17) is 0 Å². The van der Waals surface area contributed by atoms with Crippen molar-refractivity contribution >= 4 is 0 Å². The highest BCUT2D eigenvalue weighted by Crippen LogP contribution is 2.35. The van der Waals surface area contributed by atoms with Gasteiger partial charge in [0, 0.05) is 11.9 Å². The molecule has 0 aliphatic heterocycles. The first-order valence-electron chi connectivity index (χ1n) is 7.44. The lowest BCUT2D eigenvalue weighted by Gasteiger charge is -2.25. The molecule has 1 fully saturated rings. The number of rotatable bonds is 4. The van der Waals surface area contributed by atoms with Crippen LogP contribution in [0.2, 0.25) is 0 Å². The van der Waals surface area contributed by atoms with Gasteiger partial charge in [-0.1, -0.05) is 32.3 Å². The van der Waals surface area contributed by atoms with Gasteiger partial charge in [-0.15, -0.1) is 0 Å². The van der Waals surface area contributed by atoms with E-state index in [2.05, 4.69) is 42.5 Å². The fraction of sp³-hybridized carbons (Fsp3) is 0.688. The number of nitrogens with zero attached hydrogens (tertiary/aromatic N) is 1. The maximum Gasteiger partial charge on any atom is 0.0372 e. The van der Waals surface area contributed by atoms with Gasteiger partial charge in [-0.3, -0.25) is 4.98 Å². The summed E-state index contributed by atoms with van der Waals surface area (Å²) in [7, 11) is 0. The van der Waals surface area contributed by atoms with E-state index in [-0.39, 0.29) is 0 Å². The van der Waals surface area contributed by atoms with Crippen molar-refractivity contribution in [1.29, 1.82) is 0 Å². The minimum Gasteiger partial charge on any atom is -0.317 e. The fourth-order valence-corrected chi connectivity index (χ4v) is 3.10. The Balaban J connectivity index is 2.11. The van der Waals surface area contributed by atoms with Gasteiger partial charge in [-0.25, -0.2) is 0 Å². The van der Waals surface area contributed by atoms with Crippen molar-refractivity contribution in [3.8, 4) is 0 Å². The van der Waals surface area contributed by atoms with Crippen molar-refractivity contribution in [2.45, 2.75) is 51.9 Å². The second kappa shape index (κ2) is 6.89. The van der Waals surface area contributed by atoms with E-state index in [9.17, 15) is 0 Å². The predicted octanol–water partition coefficient (Wildman–Crippen LogP) is 3.66. The van der Waals surface area contributed by atoms with Gasteiger partial charge in [0.2, 0.25) is 0 Å². The van der Waals surface area contributed by atoms with E-state index in [1.165, 1.54) is 37.7 Å². The highest BCUT2D eigenvalue weighted by molar-refractivity contribution is 5.19. The van der Waals surface area contributed by atoms with Crippen LogP contribution in [0.25, 0.3) is 0 Å². The van der Waals surface area contributed by atoms with Gasteiger partial charge in [0.05, 0.1) is 0 Å². The van der Waals surface area contributed by atoms with Crippen LogP contribution in [0.15, 0.2) is 18.3 Å². The quantitative estimate of drug-likeness (QED) is 0.820. The lowest BCUT2D eigenvalue weighted by molar-refractivity contribution is 0.378. The number of hydrogen-bond acceptors (Lipinski definition) is 2. The highest BCUT2D eigenvalue weighted by Gasteiger charge is 2.24. The smallest absolute Gasteiger partial charge is 0.0372 e. The molecule has 2 unspecified atom stereocenters. The fourth-order valence-electron chi connectivity index (χ4n) is 3.10. The van der Waals surface area contributed by atoms with E-state index >= 15 is 0 Å². The van der Waals surface area contributed by atoms with Gasteiger partial charge in [0.25, 0.3) is 0 Å². The third-order valence-corrected chi connectivity index (χ3v) is 4.18. The molecule has 1 aliphatic carbocycles. The summed E-state index contributed by atoms with van der Waals surface area (Å²) in [6.45, 7) is 6.50. The number of aryl methyl sites for hydroxylation is 1. The Morgan fingerprint density at radius 2 is 2.06 bits per heavy atom. The van der Waals surface area contributed by atoms with Crippen LogP contribution in [0.3, 0.4) is 0 Å². The average molecular weight is 246 g/mol. The zero-order valence-corrected chi connectivity index (χ0v) is 11.8. The maximum absolute atomic E-state index is 4.48. The van der Waals surface area contributed by atoms with Crippen LogP contribution in [0.5, 0.6) is 0 Å². The summed E-state index contributed by atoms with van der Waals surface area (Å²) in [5.74, 6) is 1.50. The van der Waals surface area contributed by atoms with Crippen LogP contribution in [-0.4, -0.2) is 18.1 Å². The molecule has 100 valence electrons. The van der Waals surface area contributed by atoms with Gasteiger partial charge in [-0.2, -0.15) is 0 Å². The molecule has 1 saturated carbocycles. The van der Waals surface area contributed by atoms with Crippen molar-refractivity contribution in [1.82, 2.24) is 10.3 Å². The molecule has 0 aromatic carbocycles. The van der Waals surface area contributed by atoms with Crippen LogP contribution in [0.4, 0.5) is 0 Å². The first kappa shape index (κ1) is 13.5. The van der Waals surface area contributed by atoms with Crippen LogP contribution in [0, 0.1) is 12.8 Å². The van der Waals surface area contributed by atoms with Gasteiger partial charge < -0.3 is 5.32 Å². The molecular formula is C16H26N2. The molecule has 0 saturated heterocycles. The molecule has 0 amide bonds. The molecule has 2 heteroatoms. The SMILES string of the molecule is CCNCC1CCCCCC1c1ccc(C)nc1. The monoisotopic (exact) mass is 246 g/mol. The zero-order chi connectivity index (χ0) is 12.8. The summed E-state index contributed by atoms with van der Waals surface area (Å²) in [5.41, 5.74) is 2.57. The molecule has 1 heterocycles. The topological polar surface area (TPSA) is 24.9 Å².